The van der Waals surface area contributed by atoms with E-state index in [9.17, 15) is 14.4 Å². The van der Waals surface area contributed by atoms with Crippen LogP contribution in [0.2, 0.25) is 0 Å². The van der Waals surface area contributed by atoms with E-state index in [-0.39, 0.29) is 11.8 Å². The Morgan fingerprint density at radius 1 is 1.19 bits per heavy atom. The molecule has 21 heavy (non-hydrogen) atoms. The van der Waals surface area contributed by atoms with E-state index in [1.54, 1.807) is 11.8 Å². The lowest BCUT2D eigenvalue weighted by atomic mass is 9.89. The first kappa shape index (κ1) is 17.6. The summed E-state index contributed by atoms with van der Waals surface area (Å²) in [7, 11) is 0. The minimum Gasteiger partial charge on any atom is -0.352 e. The molecule has 0 heterocycles. The molecule has 0 saturated heterocycles. The maximum Gasteiger partial charge on any atom is 0.312 e. The molecule has 0 spiro atoms. The van der Waals surface area contributed by atoms with Gasteiger partial charge in [-0.25, -0.2) is 4.79 Å². The van der Waals surface area contributed by atoms with E-state index in [1.807, 2.05) is 6.26 Å². The van der Waals surface area contributed by atoms with Crippen LogP contribution in [0.1, 0.15) is 38.5 Å². The SMILES string of the molecule is CSCC[C@H](NC(N)=O)C(=O)NNC(=O)C1CCCCC1. The monoisotopic (exact) mass is 316 g/mol. The molecule has 1 aliphatic rings. The summed E-state index contributed by atoms with van der Waals surface area (Å²) in [6.07, 6.45) is 7.33. The van der Waals surface area contributed by atoms with Crippen LogP contribution in [0.4, 0.5) is 4.79 Å². The van der Waals surface area contributed by atoms with E-state index < -0.39 is 18.0 Å². The molecule has 5 N–H and O–H groups in total. The lowest BCUT2D eigenvalue weighted by molar-refractivity contribution is -0.132. The minimum atomic E-state index is -0.755. The van der Waals surface area contributed by atoms with Crippen molar-refractivity contribution in [2.45, 2.75) is 44.6 Å². The first-order valence-electron chi connectivity index (χ1n) is 7.19. The van der Waals surface area contributed by atoms with Gasteiger partial charge in [-0.2, -0.15) is 11.8 Å². The second-order valence-electron chi connectivity index (χ2n) is 5.16. The number of rotatable bonds is 6. The van der Waals surface area contributed by atoms with Crippen molar-refractivity contribution < 1.29 is 14.4 Å². The number of nitrogens with one attached hydrogen (secondary N) is 3. The molecule has 0 bridgehead atoms. The van der Waals surface area contributed by atoms with Crippen LogP contribution in [0.15, 0.2) is 0 Å². The normalized spacial score (nSPS) is 16.8. The zero-order chi connectivity index (χ0) is 15.7. The van der Waals surface area contributed by atoms with Crippen molar-refractivity contribution in [1.82, 2.24) is 16.2 Å². The van der Waals surface area contributed by atoms with Crippen LogP contribution < -0.4 is 21.9 Å². The lowest BCUT2D eigenvalue weighted by Gasteiger charge is -2.22. The van der Waals surface area contributed by atoms with Crippen LogP contribution in [0.3, 0.4) is 0 Å². The van der Waals surface area contributed by atoms with Gasteiger partial charge in [0.2, 0.25) is 5.91 Å². The second kappa shape index (κ2) is 9.49. The van der Waals surface area contributed by atoms with Gasteiger partial charge < -0.3 is 11.1 Å². The summed E-state index contributed by atoms with van der Waals surface area (Å²) >= 11 is 1.56. The average Bonchev–Trinajstić information content (AvgIpc) is 2.49. The van der Waals surface area contributed by atoms with E-state index in [1.165, 1.54) is 0 Å². The molecule has 120 valence electrons. The van der Waals surface area contributed by atoms with Crippen molar-refractivity contribution >= 4 is 29.6 Å². The predicted molar refractivity (Wildman–Crippen MR) is 82.4 cm³/mol. The van der Waals surface area contributed by atoms with Gasteiger partial charge in [-0.1, -0.05) is 19.3 Å². The number of hydrogen-bond donors (Lipinski definition) is 4. The summed E-state index contributed by atoms with van der Waals surface area (Å²) < 4.78 is 0. The third kappa shape index (κ3) is 6.70. The molecule has 1 rings (SSSR count). The zero-order valence-corrected chi connectivity index (χ0v) is 13.1. The molecule has 0 aromatic carbocycles. The molecule has 1 atom stereocenters. The number of carbonyl (C=O) groups excluding carboxylic acids is 3. The highest BCUT2D eigenvalue weighted by molar-refractivity contribution is 7.98. The van der Waals surface area contributed by atoms with Gasteiger partial charge in [0.05, 0.1) is 0 Å². The minimum absolute atomic E-state index is 0.0344. The van der Waals surface area contributed by atoms with Gasteiger partial charge in [0.15, 0.2) is 0 Å². The summed E-state index contributed by atoms with van der Waals surface area (Å²) in [5, 5.41) is 2.38. The highest BCUT2D eigenvalue weighted by atomic mass is 32.2. The quantitative estimate of drug-likeness (QED) is 0.534. The molecular formula is C13H24N4O3S. The number of hydrazine groups is 1. The van der Waals surface area contributed by atoms with Gasteiger partial charge in [-0.3, -0.25) is 20.4 Å². The number of nitrogens with two attached hydrogens (primary N) is 1. The van der Waals surface area contributed by atoms with Crippen molar-refractivity contribution in [2.24, 2.45) is 11.7 Å². The first-order valence-corrected chi connectivity index (χ1v) is 8.58. The molecule has 0 unspecified atom stereocenters. The highest BCUT2D eigenvalue weighted by Gasteiger charge is 2.23. The van der Waals surface area contributed by atoms with Crippen LogP contribution in [0, 0.1) is 5.92 Å². The Bertz CT molecular complexity index is 372. The summed E-state index contributed by atoms with van der Waals surface area (Å²) in [4.78, 5) is 34.8. The van der Waals surface area contributed by atoms with Crippen LogP contribution in [-0.2, 0) is 9.59 Å². The summed E-state index contributed by atoms with van der Waals surface area (Å²) in [6.45, 7) is 0. The molecule has 0 aromatic rings. The van der Waals surface area contributed by atoms with Crippen LogP contribution in [0.25, 0.3) is 0 Å². The Labute approximate surface area is 129 Å². The van der Waals surface area contributed by atoms with Crippen molar-refractivity contribution in [1.29, 1.82) is 0 Å². The number of amides is 4. The highest BCUT2D eigenvalue weighted by Crippen LogP contribution is 2.23. The topological polar surface area (TPSA) is 113 Å². The Kier molecular flexibility index (Phi) is 7.96. The van der Waals surface area contributed by atoms with E-state index in [0.717, 1.165) is 32.1 Å². The molecule has 1 aliphatic carbocycles. The third-order valence-electron chi connectivity index (χ3n) is 3.53. The van der Waals surface area contributed by atoms with Gasteiger partial charge in [0.25, 0.3) is 5.91 Å². The summed E-state index contributed by atoms with van der Waals surface area (Å²) in [5.74, 6) is 0.0557. The van der Waals surface area contributed by atoms with Gasteiger partial charge in [0, 0.05) is 5.92 Å². The number of urea groups is 1. The van der Waals surface area contributed by atoms with Gasteiger partial charge in [0.1, 0.15) is 6.04 Å². The van der Waals surface area contributed by atoms with E-state index >= 15 is 0 Å². The first-order chi connectivity index (χ1) is 10.0. The zero-order valence-electron chi connectivity index (χ0n) is 12.3. The van der Waals surface area contributed by atoms with Crippen molar-refractivity contribution in [3.63, 3.8) is 0 Å². The third-order valence-corrected chi connectivity index (χ3v) is 4.17. The number of hydrogen-bond acceptors (Lipinski definition) is 4. The van der Waals surface area contributed by atoms with Crippen molar-refractivity contribution in [3.05, 3.63) is 0 Å². The Morgan fingerprint density at radius 3 is 2.43 bits per heavy atom. The molecule has 0 aliphatic heterocycles. The van der Waals surface area contributed by atoms with Gasteiger partial charge in [-0.05, 0) is 31.3 Å². The lowest BCUT2D eigenvalue weighted by Crippen LogP contribution is -2.54. The summed E-state index contributed by atoms with van der Waals surface area (Å²) in [5.41, 5.74) is 9.87. The largest absolute Gasteiger partial charge is 0.352 e. The standard InChI is InChI=1S/C13H24N4O3S/c1-21-8-7-10(15-13(14)20)12(19)17-16-11(18)9-5-3-2-4-6-9/h9-10H,2-8H2,1H3,(H,16,18)(H,17,19)(H3,14,15,20)/t10-/m0/s1. The maximum absolute atomic E-state index is 12.0. The molecule has 0 radical (unpaired) electrons. The maximum atomic E-state index is 12.0. The average molecular weight is 316 g/mol. The Morgan fingerprint density at radius 2 is 1.86 bits per heavy atom. The fraction of sp³-hybridized carbons (Fsp3) is 0.769. The molecule has 7 nitrogen and oxygen atoms in total. The van der Waals surface area contributed by atoms with E-state index in [2.05, 4.69) is 16.2 Å². The molecular weight excluding hydrogens is 292 g/mol. The van der Waals surface area contributed by atoms with Gasteiger partial charge >= 0.3 is 6.03 Å². The molecule has 1 fully saturated rings. The van der Waals surface area contributed by atoms with Crippen LogP contribution in [0.5, 0.6) is 0 Å². The van der Waals surface area contributed by atoms with Gasteiger partial charge in [-0.15, -0.1) is 0 Å². The fourth-order valence-electron chi connectivity index (χ4n) is 2.35. The van der Waals surface area contributed by atoms with Crippen LogP contribution in [-0.4, -0.2) is 35.9 Å². The number of primary amides is 1. The van der Waals surface area contributed by atoms with Crippen molar-refractivity contribution in [3.8, 4) is 0 Å². The Hall–Kier alpha value is -1.44. The number of carbonyl (C=O) groups is 3. The smallest absolute Gasteiger partial charge is 0.312 e. The summed E-state index contributed by atoms with van der Waals surface area (Å²) in [6, 6.07) is -1.49. The van der Waals surface area contributed by atoms with E-state index in [0.29, 0.717) is 12.2 Å². The Balaban J connectivity index is 2.40. The van der Waals surface area contributed by atoms with E-state index in [4.69, 9.17) is 5.73 Å². The molecule has 1 saturated carbocycles. The fourth-order valence-corrected chi connectivity index (χ4v) is 2.82. The van der Waals surface area contributed by atoms with Crippen molar-refractivity contribution in [2.75, 3.05) is 12.0 Å². The predicted octanol–water partition coefficient (Wildman–Crippen LogP) is 0.504. The number of thioether (sulfide) groups is 1. The molecule has 4 amide bonds. The second-order valence-corrected chi connectivity index (χ2v) is 6.14. The molecule has 0 aromatic heterocycles. The van der Waals surface area contributed by atoms with Crippen LogP contribution >= 0.6 is 11.8 Å². The molecule has 8 heteroatoms.